The van der Waals surface area contributed by atoms with Crippen LogP contribution >= 0.6 is 0 Å². The summed E-state index contributed by atoms with van der Waals surface area (Å²) in [5.74, 6) is 0.310. The molecule has 0 amide bonds. The van der Waals surface area contributed by atoms with Gasteiger partial charge in [0.15, 0.2) is 0 Å². The standard InChI is InChI=1S/C7H15N3/c1-2-3-6(5-8)4-7(9)10/h4-5H,2-3,8-10H2,1H3/b6-5-. The van der Waals surface area contributed by atoms with E-state index in [0.717, 1.165) is 18.4 Å². The van der Waals surface area contributed by atoms with Gasteiger partial charge in [-0.15, -0.1) is 0 Å². The number of hydrogen-bond acceptors (Lipinski definition) is 3. The van der Waals surface area contributed by atoms with E-state index in [-0.39, 0.29) is 0 Å². The Morgan fingerprint density at radius 2 is 2.00 bits per heavy atom. The highest BCUT2D eigenvalue weighted by molar-refractivity contribution is 5.19. The first-order valence-electron chi connectivity index (χ1n) is 3.34. The number of rotatable bonds is 3. The van der Waals surface area contributed by atoms with Crippen LogP contribution in [-0.4, -0.2) is 0 Å². The molecule has 10 heavy (non-hydrogen) atoms. The molecule has 0 spiro atoms. The Labute approximate surface area is 61.6 Å². The third-order valence-electron chi connectivity index (χ3n) is 1.10. The third-order valence-corrected chi connectivity index (χ3v) is 1.10. The Bertz CT molecular complexity index is 143. The van der Waals surface area contributed by atoms with Crippen molar-refractivity contribution in [2.75, 3.05) is 0 Å². The second-order valence-electron chi connectivity index (χ2n) is 2.14. The lowest BCUT2D eigenvalue weighted by Crippen LogP contribution is -2.08. The third kappa shape index (κ3) is 3.83. The molecule has 0 aliphatic carbocycles. The Morgan fingerprint density at radius 1 is 1.40 bits per heavy atom. The van der Waals surface area contributed by atoms with Crippen molar-refractivity contribution in [3.8, 4) is 0 Å². The summed E-state index contributed by atoms with van der Waals surface area (Å²) in [5, 5.41) is 0. The van der Waals surface area contributed by atoms with Gasteiger partial charge in [-0.2, -0.15) is 0 Å². The molecule has 0 saturated carbocycles. The van der Waals surface area contributed by atoms with E-state index >= 15 is 0 Å². The molecule has 0 atom stereocenters. The summed E-state index contributed by atoms with van der Waals surface area (Å²) in [7, 11) is 0. The summed E-state index contributed by atoms with van der Waals surface area (Å²) in [6, 6.07) is 0. The predicted octanol–water partition coefficient (Wildman–Crippen LogP) is 0.388. The molecule has 3 nitrogen and oxygen atoms in total. The molecule has 0 radical (unpaired) electrons. The van der Waals surface area contributed by atoms with Gasteiger partial charge in [0.2, 0.25) is 0 Å². The van der Waals surface area contributed by atoms with Crippen LogP contribution in [0.1, 0.15) is 19.8 Å². The summed E-state index contributed by atoms with van der Waals surface area (Å²) in [5.41, 5.74) is 16.8. The summed E-state index contributed by atoms with van der Waals surface area (Å²) in [6.07, 6.45) is 5.19. The molecule has 0 unspecified atom stereocenters. The van der Waals surface area contributed by atoms with Gasteiger partial charge >= 0.3 is 0 Å². The van der Waals surface area contributed by atoms with E-state index < -0.39 is 0 Å². The minimum absolute atomic E-state index is 0.310. The van der Waals surface area contributed by atoms with Crippen molar-refractivity contribution in [3.05, 3.63) is 23.7 Å². The highest BCUT2D eigenvalue weighted by Gasteiger charge is 1.89. The number of hydrogen-bond donors (Lipinski definition) is 3. The van der Waals surface area contributed by atoms with Gasteiger partial charge in [-0.05, 0) is 24.3 Å². The minimum atomic E-state index is 0.310. The van der Waals surface area contributed by atoms with Crippen LogP contribution < -0.4 is 17.2 Å². The van der Waals surface area contributed by atoms with Crippen LogP contribution in [0.4, 0.5) is 0 Å². The van der Waals surface area contributed by atoms with Gasteiger partial charge in [0, 0.05) is 0 Å². The van der Waals surface area contributed by atoms with Crippen LogP contribution in [0, 0.1) is 0 Å². The van der Waals surface area contributed by atoms with Crippen molar-refractivity contribution < 1.29 is 0 Å². The van der Waals surface area contributed by atoms with E-state index in [4.69, 9.17) is 17.2 Å². The Kier molecular flexibility index (Phi) is 4.20. The van der Waals surface area contributed by atoms with E-state index in [1.54, 1.807) is 6.08 Å². The molecule has 0 aromatic rings. The largest absolute Gasteiger partial charge is 0.404 e. The quantitative estimate of drug-likeness (QED) is 0.497. The van der Waals surface area contributed by atoms with Crippen molar-refractivity contribution in [2.45, 2.75) is 19.8 Å². The summed E-state index contributed by atoms with van der Waals surface area (Å²) < 4.78 is 0. The molecule has 58 valence electrons. The maximum atomic E-state index is 5.29. The first-order valence-corrected chi connectivity index (χ1v) is 3.34. The van der Waals surface area contributed by atoms with E-state index in [1.165, 1.54) is 6.20 Å². The van der Waals surface area contributed by atoms with Crippen LogP contribution in [0.5, 0.6) is 0 Å². The Morgan fingerprint density at radius 3 is 2.30 bits per heavy atom. The minimum Gasteiger partial charge on any atom is -0.404 e. The molecular weight excluding hydrogens is 126 g/mol. The molecule has 0 aliphatic heterocycles. The van der Waals surface area contributed by atoms with Crippen LogP contribution in [0.25, 0.3) is 0 Å². The smallest absolute Gasteiger partial charge is 0.0936 e. The molecule has 6 N–H and O–H groups in total. The molecule has 0 heterocycles. The van der Waals surface area contributed by atoms with Gasteiger partial charge in [0.05, 0.1) is 5.82 Å². The first kappa shape index (κ1) is 8.88. The van der Waals surface area contributed by atoms with E-state index in [2.05, 4.69) is 6.92 Å². The Balaban J connectivity index is 3.98. The molecule has 0 saturated heterocycles. The van der Waals surface area contributed by atoms with Crippen LogP contribution in [0.15, 0.2) is 23.7 Å². The van der Waals surface area contributed by atoms with Crippen molar-refractivity contribution in [1.29, 1.82) is 0 Å². The number of allylic oxidation sites excluding steroid dienone is 2. The fraction of sp³-hybridized carbons (Fsp3) is 0.429. The number of nitrogens with two attached hydrogens (primary N) is 3. The summed E-state index contributed by atoms with van der Waals surface area (Å²) >= 11 is 0. The SMILES string of the molecule is CCC/C(C=C(N)N)=C/N. The van der Waals surface area contributed by atoms with Gasteiger partial charge in [-0.1, -0.05) is 13.3 Å². The van der Waals surface area contributed by atoms with Crippen molar-refractivity contribution >= 4 is 0 Å². The lowest BCUT2D eigenvalue weighted by atomic mass is 10.1. The van der Waals surface area contributed by atoms with Crippen molar-refractivity contribution in [1.82, 2.24) is 0 Å². The summed E-state index contributed by atoms with van der Waals surface area (Å²) in [6.45, 7) is 2.07. The second kappa shape index (κ2) is 4.73. The predicted molar refractivity (Wildman–Crippen MR) is 43.6 cm³/mol. The van der Waals surface area contributed by atoms with Crippen molar-refractivity contribution in [2.24, 2.45) is 17.2 Å². The molecule has 0 fully saturated rings. The fourth-order valence-corrected chi connectivity index (χ4v) is 0.706. The van der Waals surface area contributed by atoms with Gasteiger partial charge < -0.3 is 17.2 Å². The van der Waals surface area contributed by atoms with Crippen LogP contribution in [0.3, 0.4) is 0 Å². The lowest BCUT2D eigenvalue weighted by molar-refractivity contribution is 0.918. The van der Waals surface area contributed by atoms with E-state index in [1.807, 2.05) is 0 Å². The lowest BCUT2D eigenvalue weighted by Gasteiger charge is -1.97. The molecule has 0 aromatic heterocycles. The topological polar surface area (TPSA) is 78.1 Å². The van der Waals surface area contributed by atoms with Crippen molar-refractivity contribution in [3.63, 3.8) is 0 Å². The highest BCUT2D eigenvalue weighted by Crippen LogP contribution is 2.03. The second-order valence-corrected chi connectivity index (χ2v) is 2.14. The monoisotopic (exact) mass is 141 g/mol. The van der Waals surface area contributed by atoms with Gasteiger partial charge in [0.25, 0.3) is 0 Å². The van der Waals surface area contributed by atoms with E-state index in [9.17, 15) is 0 Å². The molecule has 0 rings (SSSR count). The Hall–Kier alpha value is -1.12. The maximum absolute atomic E-state index is 5.29. The van der Waals surface area contributed by atoms with Crippen LogP contribution in [-0.2, 0) is 0 Å². The molecular formula is C7H15N3. The zero-order valence-corrected chi connectivity index (χ0v) is 6.30. The fourth-order valence-electron chi connectivity index (χ4n) is 0.706. The summed E-state index contributed by atoms with van der Waals surface area (Å²) in [4.78, 5) is 0. The van der Waals surface area contributed by atoms with Crippen LogP contribution in [0.2, 0.25) is 0 Å². The maximum Gasteiger partial charge on any atom is 0.0936 e. The van der Waals surface area contributed by atoms with Gasteiger partial charge in [-0.25, -0.2) is 0 Å². The molecule has 0 aromatic carbocycles. The van der Waals surface area contributed by atoms with E-state index in [0.29, 0.717) is 5.82 Å². The average Bonchev–Trinajstić information content (AvgIpc) is 1.86. The average molecular weight is 141 g/mol. The normalized spacial score (nSPS) is 11.1. The zero-order valence-electron chi connectivity index (χ0n) is 6.30. The molecule has 3 heteroatoms. The first-order chi connectivity index (χ1) is 4.70. The zero-order chi connectivity index (χ0) is 7.98. The molecule has 0 aliphatic rings. The van der Waals surface area contributed by atoms with Gasteiger partial charge in [-0.3, -0.25) is 0 Å². The van der Waals surface area contributed by atoms with Gasteiger partial charge in [0.1, 0.15) is 0 Å². The molecule has 0 bridgehead atoms. The highest BCUT2D eigenvalue weighted by atomic mass is 14.8.